The van der Waals surface area contributed by atoms with Crippen molar-refractivity contribution in [3.8, 4) is 17.1 Å². The Hall–Kier alpha value is -2.27. The molecule has 0 spiro atoms. The molecule has 3 aromatic carbocycles. The van der Waals surface area contributed by atoms with Gasteiger partial charge in [0.05, 0.1) is 0 Å². The standard InChI is InChI=1S/C21H15Cl2N3S/c22-17-9-11-19(12-10-17)26-20(16-7-4-8-18(23)13-16)24-25-21(26)27-14-15-5-2-1-3-6-15/h1-13H,14H2. The van der Waals surface area contributed by atoms with Crippen LogP contribution in [0.1, 0.15) is 5.56 Å². The van der Waals surface area contributed by atoms with E-state index in [4.69, 9.17) is 23.2 Å². The maximum atomic E-state index is 6.18. The highest BCUT2D eigenvalue weighted by Crippen LogP contribution is 2.31. The van der Waals surface area contributed by atoms with Crippen LogP contribution in [0.4, 0.5) is 0 Å². The summed E-state index contributed by atoms with van der Waals surface area (Å²) in [5.41, 5.74) is 3.10. The Kier molecular flexibility index (Phi) is 5.48. The molecule has 134 valence electrons. The molecule has 0 unspecified atom stereocenters. The summed E-state index contributed by atoms with van der Waals surface area (Å²) in [5.74, 6) is 1.55. The molecular formula is C21H15Cl2N3S. The lowest BCUT2D eigenvalue weighted by Crippen LogP contribution is -1.99. The number of rotatable bonds is 5. The summed E-state index contributed by atoms with van der Waals surface area (Å²) in [6, 6.07) is 25.6. The number of aromatic nitrogens is 3. The number of thioether (sulfide) groups is 1. The Morgan fingerprint density at radius 3 is 2.30 bits per heavy atom. The summed E-state index contributed by atoms with van der Waals surface area (Å²) >= 11 is 13.9. The SMILES string of the molecule is Clc1ccc(-n2c(SCc3ccccc3)nnc2-c2cccc(Cl)c2)cc1. The van der Waals surface area contributed by atoms with Crippen molar-refractivity contribution in [3.05, 3.63) is 94.5 Å². The van der Waals surface area contributed by atoms with Gasteiger partial charge in [-0.2, -0.15) is 0 Å². The lowest BCUT2D eigenvalue weighted by Gasteiger charge is -2.11. The number of nitrogens with zero attached hydrogens (tertiary/aromatic N) is 3. The van der Waals surface area contributed by atoms with Crippen molar-refractivity contribution in [2.45, 2.75) is 10.9 Å². The molecule has 0 aliphatic rings. The van der Waals surface area contributed by atoms with Gasteiger partial charge < -0.3 is 0 Å². The van der Waals surface area contributed by atoms with Crippen LogP contribution in [0.2, 0.25) is 10.0 Å². The maximum Gasteiger partial charge on any atom is 0.196 e. The second kappa shape index (κ2) is 8.17. The third-order valence-corrected chi connectivity index (χ3v) is 5.50. The molecule has 4 rings (SSSR count). The average molecular weight is 412 g/mol. The van der Waals surface area contributed by atoms with Crippen LogP contribution in [0.15, 0.2) is 84.0 Å². The lowest BCUT2D eigenvalue weighted by molar-refractivity contribution is 0.886. The fraction of sp³-hybridized carbons (Fsp3) is 0.0476. The smallest absolute Gasteiger partial charge is 0.196 e. The highest BCUT2D eigenvalue weighted by Gasteiger charge is 2.16. The van der Waals surface area contributed by atoms with Gasteiger partial charge >= 0.3 is 0 Å². The van der Waals surface area contributed by atoms with Crippen molar-refractivity contribution in [2.75, 3.05) is 0 Å². The second-order valence-electron chi connectivity index (χ2n) is 5.90. The number of halogens is 2. The zero-order valence-corrected chi connectivity index (χ0v) is 16.5. The van der Waals surface area contributed by atoms with Gasteiger partial charge in [0.1, 0.15) is 0 Å². The van der Waals surface area contributed by atoms with Crippen LogP contribution in [-0.2, 0) is 5.75 Å². The first-order valence-electron chi connectivity index (χ1n) is 8.35. The quantitative estimate of drug-likeness (QED) is 0.349. The average Bonchev–Trinajstić information content (AvgIpc) is 3.12. The summed E-state index contributed by atoms with van der Waals surface area (Å²) in [6.45, 7) is 0. The highest BCUT2D eigenvalue weighted by atomic mass is 35.5. The summed E-state index contributed by atoms with van der Waals surface area (Å²) in [4.78, 5) is 0. The highest BCUT2D eigenvalue weighted by molar-refractivity contribution is 7.98. The molecule has 3 nitrogen and oxygen atoms in total. The number of hydrogen-bond donors (Lipinski definition) is 0. The molecule has 27 heavy (non-hydrogen) atoms. The summed E-state index contributed by atoms with van der Waals surface area (Å²) in [6.07, 6.45) is 0. The van der Waals surface area contributed by atoms with Crippen molar-refractivity contribution in [3.63, 3.8) is 0 Å². The van der Waals surface area contributed by atoms with Crippen molar-refractivity contribution < 1.29 is 0 Å². The molecule has 0 N–H and O–H groups in total. The summed E-state index contributed by atoms with van der Waals surface area (Å²) in [5, 5.41) is 11.0. The summed E-state index contributed by atoms with van der Waals surface area (Å²) < 4.78 is 2.04. The van der Waals surface area contributed by atoms with E-state index in [1.165, 1.54) is 5.56 Å². The Labute approximate surface area is 172 Å². The van der Waals surface area contributed by atoms with Crippen LogP contribution in [0.5, 0.6) is 0 Å². The number of benzene rings is 3. The Morgan fingerprint density at radius 1 is 0.778 bits per heavy atom. The van der Waals surface area contributed by atoms with E-state index in [-0.39, 0.29) is 0 Å². The minimum atomic E-state index is 0.664. The molecule has 1 heterocycles. The van der Waals surface area contributed by atoms with E-state index in [0.29, 0.717) is 10.0 Å². The van der Waals surface area contributed by atoms with Gasteiger partial charge in [0, 0.05) is 27.0 Å². The fourth-order valence-corrected chi connectivity index (χ4v) is 3.95. The van der Waals surface area contributed by atoms with E-state index in [1.54, 1.807) is 11.8 Å². The normalized spacial score (nSPS) is 10.9. The first kappa shape index (κ1) is 18.1. The number of hydrogen-bond acceptors (Lipinski definition) is 3. The van der Waals surface area contributed by atoms with Crippen LogP contribution in [0, 0.1) is 0 Å². The molecular weight excluding hydrogens is 397 g/mol. The maximum absolute atomic E-state index is 6.18. The molecule has 0 atom stereocenters. The molecule has 4 aromatic rings. The van der Waals surface area contributed by atoms with Gasteiger partial charge in [-0.3, -0.25) is 4.57 Å². The second-order valence-corrected chi connectivity index (χ2v) is 7.72. The van der Waals surface area contributed by atoms with E-state index in [1.807, 2.05) is 71.3 Å². The predicted octanol–water partition coefficient (Wildman–Crippen LogP) is 6.53. The van der Waals surface area contributed by atoms with Gasteiger partial charge in [-0.15, -0.1) is 10.2 Å². The Bertz CT molecular complexity index is 1050. The van der Waals surface area contributed by atoms with Gasteiger partial charge in [0.15, 0.2) is 11.0 Å². The molecule has 1 aromatic heterocycles. The van der Waals surface area contributed by atoms with E-state index >= 15 is 0 Å². The van der Waals surface area contributed by atoms with E-state index < -0.39 is 0 Å². The lowest BCUT2D eigenvalue weighted by atomic mass is 10.2. The van der Waals surface area contributed by atoms with E-state index in [0.717, 1.165) is 28.0 Å². The van der Waals surface area contributed by atoms with Gasteiger partial charge in [-0.25, -0.2) is 0 Å². The van der Waals surface area contributed by atoms with Gasteiger partial charge in [-0.05, 0) is 42.0 Å². The first-order valence-corrected chi connectivity index (χ1v) is 10.1. The predicted molar refractivity (Wildman–Crippen MR) is 113 cm³/mol. The zero-order chi connectivity index (χ0) is 18.6. The molecule has 0 amide bonds. The van der Waals surface area contributed by atoms with E-state index in [9.17, 15) is 0 Å². The molecule has 0 aliphatic carbocycles. The third-order valence-electron chi connectivity index (χ3n) is 4.01. The monoisotopic (exact) mass is 411 g/mol. The fourth-order valence-electron chi connectivity index (χ4n) is 2.72. The van der Waals surface area contributed by atoms with E-state index in [2.05, 4.69) is 22.3 Å². The molecule has 0 bridgehead atoms. The Morgan fingerprint density at radius 2 is 1.56 bits per heavy atom. The van der Waals surface area contributed by atoms with Crippen LogP contribution in [0.25, 0.3) is 17.1 Å². The first-order chi connectivity index (χ1) is 13.2. The largest absolute Gasteiger partial charge is 0.270 e. The minimum Gasteiger partial charge on any atom is -0.270 e. The molecule has 6 heteroatoms. The molecule has 0 saturated heterocycles. The van der Waals surface area contributed by atoms with Crippen molar-refractivity contribution >= 4 is 35.0 Å². The van der Waals surface area contributed by atoms with Crippen LogP contribution in [-0.4, -0.2) is 14.8 Å². The minimum absolute atomic E-state index is 0.664. The van der Waals surface area contributed by atoms with Gasteiger partial charge in [-0.1, -0.05) is 77.4 Å². The summed E-state index contributed by atoms with van der Waals surface area (Å²) in [7, 11) is 0. The molecule has 0 radical (unpaired) electrons. The van der Waals surface area contributed by atoms with Crippen LogP contribution >= 0.6 is 35.0 Å². The van der Waals surface area contributed by atoms with Crippen LogP contribution < -0.4 is 0 Å². The molecule has 0 saturated carbocycles. The molecule has 0 aliphatic heterocycles. The van der Waals surface area contributed by atoms with Gasteiger partial charge in [0.25, 0.3) is 0 Å². The van der Waals surface area contributed by atoms with Crippen molar-refractivity contribution in [1.82, 2.24) is 14.8 Å². The van der Waals surface area contributed by atoms with Crippen molar-refractivity contribution in [1.29, 1.82) is 0 Å². The molecule has 0 fully saturated rings. The zero-order valence-electron chi connectivity index (χ0n) is 14.2. The third kappa shape index (κ3) is 4.19. The van der Waals surface area contributed by atoms with Gasteiger partial charge in [0.2, 0.25) is 0 Å². The Balaban J connectivity index is 1.75. The topological polar surface area (TPSA) is 30.7 Å². The van der Waals surface area contributed by atoms with Crippen LogP contribution in [0.3, 0.4) is 0 Å². The van der Waals surface area contributed by atoms with Crippen molar-refractivity contribution in [2.24, 2.45) is 0 Å².